The van der Waals surface area contributed by atoms with Crippen molar-refractivity contribution >= 4 is 21.8 Å². The van der Waals surface area contributed by atoms with Crippen molar-refractivity contribution in [1.29, 1.82) is 0 Å². The Hall–Kier alpha value is -6.51. The van der Waals surface area contributed by atoms with Crippen molar-refractivity contribution in [2.24, 2.45) is 0 Å². The van der Waals surface area contributed by atoms with Crippen LogP contribution in [0.15, 0.2) is 194 Å². The Morgan fingerprint density at radius 2 is 0.940 bits per heavy atom. The second kappa shape index (κ2) is 11.3. The summed E-state index contributed by atoms with van der Waals surface area (Å²) in [5.74, 6) is 0. The first-order valence-corrected chi connectivity index (χ1v) is 17.2. The Balaban J connectivity index is 1.33. The highest BCUT2D eigenvalue weighted by molar-refractivity contribution is 6.18. The summed E-state index contributed by atoms with van der Waals surface area (Å²) in [6, 6.07) is 70.2. The molecule has 2 nitrogen and oxygen atoms in total. The van der Waals surface area contributed by atoms with Crippen LogP contribution in [0, 0.1) is 0 Å². The van der Waals surface area contributed by atoms with E-state index in [2.05, 4.69) is 199 Å². The minimum atomic E-state index is -0.455. The summed E-state index contributed by atoms with van der Waals surface area (Å²) in [6.45, 7) is 0. The number of rotatable bonds is 5. The number of benzene rings is 7. The van der Waals surface area contributed by atoms with Crippen LogP contribution in [0.3, 0.4) is 0 Å². The zero-order chi connectivity index (χ0) is 33.1. The van der Waals surface area contributed by atoms with Crippen molar-refractivity contribution in [2.75, 3.05) is 0 Å². The third-order valence-corrected chi connectivity index (χ3v) is 10.5. The van der Waals surface area contributed by atoms with Gasteiger partial charge in [-0.3, -0.25) is 0 Å². The highest BCUT2D eigenvalue weighted by Gasteiger charge is 2.47. The summed E-state index contributed by atoms with van der Waals surface area (Å²) in [7, 11) is 0. The maximum atomic E-state index is 5.20. The molecule has 0 aliphatic heterocycles. The van der Waals surface area contributed by atoms with Crippen LogP contribution in [-0.4, -0.2) is 9.55 Å². The number of fused-ring (bicyclic) bond motifs is 7. The summed E-state index contributed by atoms with van der Waals surface area (Å²) in [5.41, 5.74) is 14.9. The van der Waals surface area contributed by atoms with Gasteiger partial charge in [0.2, 0.25) is 0 Å². The van der Waals surface area contributed by atoms with E-state index >= 15 is 0 Å². The van der Waals surface area contributed by atoms with Gasteiger partial charge in [0, 0.05) is 21.9 Å². The first-order chi connectivity index (χ1) is 24.8. The summed E-state index contributed by atoms with van der Waals surface area (Å²) in [6.07, 6.45) is 0. The van der Waals surface area contributed by atoms with E-state index in [9.17, 15) is 0 Å². The normalized spacial score (nSPS) is 13.0. The molecular weight excluding hydrogens is 605 g/mol. The van der Waals surface area contributed by atoms with Crippen molar-refractivity contribution in [1.82, 2.24) is 9.55 Å². The minimum absolute atomic E-state index is 0.455. The molecule has 234 valence electrons. The van der Waals surface area contributed by atoms with Gasteiger partial charge in [-0.15, -0.1) is 0 Å². The van der Waals surface area contributed by atoms with Crippen LogP contribution in [0.5, 0.6) is 0 Å². The Morgan fingerprint density at radius 1 is 0.420 bits per heavy atom. The van der Waals surface area contributed by atoms with Crippen LogP contribution >= 0.6 is 0 Å². The minimum Gasteiger partial charge on any atom is -0.309 e. The second-order valence-corrected chi connectivity index (χ2v) is 13.1. The van der Waals surface area contributed by atoms with E-state index in [-0.39, 0.29) is 0 Å². The fourth-order valence-electron chi connectivity index (χ4n) is 8.43. The molecule has 0 saturated heterocycles. The molecule has 0 saturated carbocycles. The molecule has 0 spiro atoms. The zero-order valence-corrected chi connectivity index (χ0v) is 27.4. The monoisotopic (exact) mass is 636 g/mol. The van der Waals surface area contributed by atoms with Gasteiger partial charge in [-0.05, 0) is 57.6 Å². The highest BCUT2D eigenvalue weighted by atomic mass is 15.0. The second-order valence-electron chi connectivity index (χ2n) is 13.1. The highest BCUT2D eigenvalue weighted by Crippen LogP contribution is 2.58. The van der Waals surface area contributed by atoms with Gasteiger partial charge in [-0.1, -0.05) is 170 Å². The predicted molar refractivity (Wildman–Crippen MR) is 207 cm³/mol. The van der Waals surface area contributed by atoms with Crippen molar-refractivity contribution in [2.45, 2.75) is 5.41 Å². The van der Waals surface area contributed by atoms with E-state index in [1.165, 1.54) is 55.2 Å². The summed E-state index contributed by atoms with van der Waals surface area (Å²) >= 11 is 0. The third-order valence-electron chi connectivity index (χ3n) is 10.5. The molecule has 2 heterocycles. The van der Waals surface area contributed by atoms with E-state index in [4.69, 9.17) is 4.98 Å². The Morgan fingerprint density at radius 3 is 1.56 bits per heavy atom. The number of hydrogen-bond donors (Lipinski definition) is 0. The van der Waals surface area contributed by atoms with E-state index < -0.39 is 5.41 Å². The molecule has 2 aromatic heterocycles. The largest absolute Gasteiger partial charge is 0.309 e. The maximum absolute atomic E-state index is 5.20. The first kappa shape index (κ1) is 28.5. The average molecular weight is 637 g/mol. The predicted octanol–water partition coefficient (Wildman–Crippen LogP) is 11.9. The lowest BCUT2D eigenvalue weighted by molar-refractivity contribution is 0.769. The molecule has 0 atom stereocenters. The Bertz CT molecular complexity index is 2580. The molecule has 0 amide bonds. The molecule has 0 fully saturated rings. The van der Waals surface area contributed by atoms with Crippen molar-refractivity contribution in [3.8, 4) is 39.3 Å². The van der Waals surface area contributed by atoms with E-state index in [1.807, 2.05) is 0 Å². The lowest BCUT2D eigenvalue weighted by Crippen LogP contribution is -2.28. The van der Waals surface area contributed by atoms with Crippen molar-refractivity contribution < 1.29 is 0 Å². The van der Waals surface area contributed by atoms with Gasteiger partial charge in [0.15, 0.2) is 0 Å². The molecule has 0 unspecified atom stereocenters. The third kappa shape index (κ3) is 4.12. The fourth-order valence-corrected chi connectivity index (χ4v) is 8.43. The molecule has 50 heavy (non-hydrogen) atoms. The van der Waals surface area contributed by atoms with Crippen LogP contribution in [0.2, 0.25) is 0 Å². The van der Waals surface area contributed by atoms with Gasteiger partial charge < -0.3 is 4.57 Å². The number of aromatic nitrogens is 2. The lowest BCUT2D eigenvalue weighted by Gasteiger charge is -2.33. The smallest absolute Gasteiger partial charge is 0.0730 e. The van der Waals surface area contributed by atoms with E-state index in [0.717, 1.165) is 28.2 Å². The molecule has 7 aromatic carbocycles. The Labute approximate surface area is 291 Å². The summed E-state index contributed by atoms with van der Waals surface area (Å²) < 4.78 is 2.44. The average Bonchev–Trinajstić information content (AvgIpc) is 3.70. The van der Waals surface area contributed by atoms with Gasteiger partial charge >= 0.3 is 0 Å². The van der Waals surface area contributed by atoms with Crippen LogP contribution in [-0.2, 0) is 5.41 Å². The van der Waals surface area contributed by atoms with Crippen LogP contribution in [0.25, 0.3) is 61.1 Å². The molecular formula is C48H32N2. The van der Waals surface area contributed by atoms with Gasteiger partial charge in [0.25, 0.3) is 0 Å². The number of nitrogens with zero attached hydrogens (tertiary/aromatic N) is 2. The van der Waals surface area contributed by atoms with Crippen molar-refractivity contribution in [3.63, 3.8) is 0 Å². The summed E-state index contributed by atoms with van der Waals surface area (Å²) in [4.78, 5) is 5.20. The molecule has 2 heteroatoms. The van der Waals surface area contributed by atoms with E-state index in [0.29, 0.717) is 0 Å². The van der Waals surface area contributed by atoms with Crippen LogP contribution < -0.4 is 0 Å². The topological polar surface area (TPSA) is 17.8 Å². The molecule has 9 aromatic rings. The number of para-hydroxylation sites is 1. The molecule has 0 bridgehead atoms. The Kier molecular flexibility index (Phi) is 6.43. The standard InChI is InChI=1S/C48H32N2/c1-5-17-33(18-6-1)42-31-37(32-43(49-42)34-19-7-2-8-20-34)50-44-28-16-14-26-39(44)47-45(50)30-29-41-46(47)38-25-13-15-27-40(38)48(41,35-21-9-3-10-22-35)36-23-11-4-12-24-36/h1-32H. The van der Waals surface area contributed by atoms with Gasteiger partial charge in [0.05, 0.1) is 33.5 Å². The molecule has 1 aliphatic carbocycles. The summed E-state index contributed by atoms with van der Waals surface area (Å²) in [5, 5.41) is 2.52. The first-order valence-electron chi connectivity index (χ1n) is 17.2. The van der Waals surface area contributed by atoms with E-state index in [1.54, 1.807) is 0 Å². The van der Waals surface area contributed by atoms with Crippen LogP contribution in [0.4, 0.5) is 0 Å². The van der Waals surface area contributed by atoms with Crippen LogP contribution in [0.1, 0.15) is 22.3 Å². The zero-order valence-electron chi connectivity index (χ0n) is 27.4. The van der Waals surface area contributed by atoms with Crippen molar-refractivity contribution in [3.05, 3.63) is 216 Å². The molecule has 1 aliphatic rings. The molecule has 0 N–H and O–H groups in total. The molecule has 10 rings (SSSR count). The SMILES string of the molecule is c1ccc(-c2cc(-n3c4ccccc4c4c5c(ccc43)C(c3ccccc3)(c3ccccc3)c3ccccc3-5)cc(-c3ccccc3)n2)cc1. The van der Waals surface area contributed by atoms with Gasteiger partial charge in [-0.25, -0.2) is 4.98 Å². The van der Waals surface area contributed by atoms with Gasteiger partial charge in [0.1, 0.15) is 0 Å². The number of pyridine rings is 1. The van der Waals surface area contributed by atoms with Gasteiger partial charge in [-0.2, -0.15) is 0 Å². The number of hydrogen-bond acceptors (Lipinski definition) is 1. The molecule has 0 radical (unpaired) electrons. The lowest BCUT2D eigenvalue weighted by atomic mass is 9.67. The maximum Gasteiger partial charge on any atom is 0.0730 e. The fraction of sp³-hybridized carbons (Fsp3) is 0.0208. The quantitative estimate of drug-likeness (QED) is 0.184.